The lowest BCUT2D eigenvalue weighted by Gasteiger charge is -2.31. The van der Waals surface area contributed by atoms with Crippen molar-refractivity contribution in [3.63, 3.8) is 0 Å². The second-order valence-corrected chi connectivity index (χ2v) is 6.49. The van der Waals surface area contributed by atoms with Gasteiger partial charge in [0.1, 0.15) is 0 Å². The van der Waals surface area contributed by atoms with Crippen molar-refractivity contribution in [1.29, 1.82) is 0 Å². The molecule has 1 aliphatic rings. The molecule has 0 aromatic carbocycles. The summed E-state index contributed by atoms with van der Waals surface area (Å²) in [5.41, 5.74) is 1.29. The largest absolute Gasteiger partial charge is 0.355 e. The molecule has 0 bridgehead atoms. The van der Waals surface area contributed by atoms with E-state index in [0.29, 0.717) is 0 Å². The Morgan fingerprint density at radius 3 is 2.95 bits per heavy atom. The van der Waals surface area contributed by atoms with E-state index < -0.39 is 0 Å². The summed E-state index contributed by atoms with van der Waals surface area (Å²) in [6.45, 7) is 7.75. The van der Waals surface area contributed by atoms with E-state index in [1.807, 2.05) is 7.05 Å². The quantitative estimate of drug-likeness (QED) is 0.665. The minimum absolute atomic E-state index is 0.841. The molecule has 1 aromatic rings. The topological polar surface area (TPSA) is 35.8 Å². The highest BCUT2D eigenvalue weighted by atomic mass is 15.3. The maximum atomic E-state index is 4.40. The van der Waals surface area contributed by atoms with Crippen molar-refractivity contribution < 1.29 is 0 Å². The van der Waals surface area contributed by atoms with Gasteiger partial charge in [-0.05, 0) is 37.4 Å². The number of hydrogen-bond donors (Lipinski definition) is 1. The first-order valence-corrected chi connectivity index (χ1v) is 8.34. The van der Waals surface area contributed by atoms with Gasteiger partial charge in [-0.15, -0.1) is 0 Å². The first-order valence-electron chi connectivity index (χ1n) is 8.34. The highest BCUT2D eigenvalue weighted by Crippen LogP contribution is 2.14. The van der Waals surface area contributed by atoms with Crippen molar-refractivity contribution in [2.24, 2.45) is 18.0 Å². The summed E-state index contributed by atoms with van der Waals surface area (Å²) in [7, 11) is 6.02. The Morgan fingerprint density at radius 1 is 1.50 bits per heavy atom. The molecule has 1 fully saturated rings. The third kappa shape index (κ3) is 4.77. The Kier molecular flexibility index (Phi) is 6.31. The Hall–Kier alpha value is -1.49. The number of hydrogen-bond acceptors (Lipinski definition) is 2. The third-order valence-corrected chi connectivity index (χ3v) is 4.48. The van der Waals surface area contributed by atoms with Crippen LogP contribution in [-0.4, -0.2) is 60.6 Å². The average molecular weight is 305 g/mol. The summed E-state index contributed by atoms with van der Waals surface area (Å²) < 4.78 is 2.15. The number of rotatable bonds is 5. The van der Waals surface area contributed by atoms with Gasteiger partial charge in [-0.2, -0.15) is 0 Å². The van der Waals surface area contributed by atoms with Crippen LogP contribution in [0.25, 0.3) is 0 Å². The van der Waals surface area contributed by atoms with E-state index in [-0.39, 0.29) is 0 Å². The lowest BCUT2D eigenvalue weighted by molar-refractivity contribution is 0.186. The van der Waals surface area contributed by atoms with E-state index in [0.717, 1.165) is 31.5 Å². The Balaban J connectivity index is 1.76. The first-order chi connectivity index (χ1) is 10.6. The minimum Gasteiger partial charge on any atom is -0.355 e. The van der Waals surface area contributed by atoms with Crippen LogP contribution in [0.3, 0.4) is 0 Å². The first kappa shape index (κ1) is 16.9. The Bertz CT molecular complexity index is 479. The molecule has 0 amide bonds. The van der Waals surface area contributed by atoms with Crippen molar-refractivity contribution in [2.45, 2.75) is 26.3 Å². The summed E-state index contributed by atoms with van der Waals surface area (Å²) in [5.74, 6) is 1.80. The summed E-state index contributed by atoms with van der Waals surface area (Å²) in [4.78, 5) is 9.14. The van der Waals surface area contributed by atoms with Gasteiger partial charge in [0.05, 0.1) is 6.54 Å². The predicted molar refractivity (Wildman–Crippen MR) is 93.1 cm³/mol. The molecule has 0 aliphatic carbocycles. The van der Waals surface area contributed by atoms with E-state index in [1.165, 1.54) is 31.6 Å². The van der Waals surface area contributed by atoms with Gasteiger partial charge in [-0.25, -0.2) is 0 Å². The third-order valence-electron chi connectivity index (χ3n) is 4.48. The summed E-state index contributed by atoms with van der Waals surface area (Å²) >= 11 is 0. The van der Waals surface area contributed by atoms with E-state index in [2.05, 4.69) is 64.0 Å². The maximum Gasteiger partial charge on any atom is 0.193 e. The molecule has 0 spiro atoms. The molecule has 1 unspecified atom stereocenters. The lowest BCUT2D eigenvalue weighted by Crippen LogP contribution is -2.44. The molecule has 5 nitrogen and oxygen atoms in total. The minimum atomic E-state index is 0.841. The fourth-order valence-electron chi connectivity index (χ4n) is 3.18. The molecule has 1 aliphatic heterocycles. The highest BCUT2D eigenvalue weighted by Gasteiger charge is 2.16. The van der Waals surface area contributed by atoms with Crippen molar-refractivity contribution in [1.82, 2.24) is 19.7 Å². The number of guanidine groups is 1. The molecular weight excluding hydrogens is 274 g/mol. The van der Waals surface area contributed by atoms with Crippen molar-refractivity contribution >= 4 is 5.96 Å². The molecule has 1 N–H and O–H groups in total. The van der Waals surface area contributed by atoms with Gasteiger partial charge in [0.15, 0.2) is 5.96 Å². The second-order valence-electron chi connectivity index (χ2n) is 6.49. The molecule has 124 valence electrons. The van der Waals surface area contributed by atoms with Crippen LogP contribution in [0.1, 0.15) is 25.5 Å². The lowest BCUT2D eigenvalue weighted by atomic mass is 10.0. The zero-order valence-electron chi connectivity index (χ0n) is 14.5. The molecule has 2 heterocycles. The molecule has 0 saturated carbocycles. The molecule has 2 rings (SSSR count). The molecule has 0 radical (unpaired) electrons. The standard InChI is InChI=1S/C17H31N5/c1-15-7-5-11-22(13-15)12-9-19-17(18-2)21(4)14-16-8-6-10-20(16)3/h6,8,10,15H,5,7,9,11-14H2,1-4H3,(H,18,19). The smallest absolute Gasteiger partial charge is 0.193 e. The SMILES string of the molecule is CN=C(NCCN1CCCC(C)C1)N(C)Cc1cccn1C. The zero-order valence-corrected chi connectivity index (χ0v) is 14.5. The summed E-state index contributed by atoms with van der Waals surface area (Å²) in [6, 6.07) is 4.23. The number of aliphatic imine (C=N–C) groups is 1. The number of piperidine rings is 1. The molecule has 1 aromatic heterocycles. The van der Waals surface area contributed by atoms with Gasteiger partial charge >= 0.3 is 0 Å². The predicted octanol–water partition coefficient (Wildman–Crippen LogP) is 1.76. The van der Waals surface area contributed by atoms with Crippen LogP contribution < -0.4 is 5.32 Å². The second kappa shape index (κ2) is 8.22. The van der Waals surface area contributed by atoms with Gasteiger partial charge in [-0.3, -0.25) is 4.99 Å². The van der Waals surface area contributed by atoms with Gasteiger partial charge in [0.2, 0.25) is 0 Å². The van der Waals surface area contributed by atoms with Crippen molar-refractivity contribution in [3.05, 3.63) is 24.0 Å². The maximum absolute atomic E-state index is 4.40. The van der Waals surface area contributed by atoms with E-state index in [9.17, 15) is 0 Å². The van der Waals surface area contributed by atoms with Crippen LogP contribution in [0.4, 0.5) is 0 Å². The van der Waals surface area contributed by atoms with Crippen LogP contribution in [-0.2, 0) is 13.6 Å². The number of nitrogens with zero attached hydrogens (tertiary/aromatic N) is 4. The molecule has 1 atom stereocenters. The van der Waals surface area contributed by atoms with Crippen LogP contribution in [0.15, 0.2) is 23.3 Å². The number of likely N-dealkylation sites (tertiary alicyclic amines) is 1. The van der Waals surface area contributed by atoms with Gasteiger partial charge in [0, 0.05) is 52.7 Å². The fraction of sp³-hybridized carbons (Fsp3) is 0.706. The van der Waals surface area contributed by atoms with Gasteiger partial charge < -0.3 is 19.7 Å². The van der Waals surface area contributed by atoms with E-state index in [4.69, 9.17) is 0 Å². The van der Waals surface area contributed by atoms with Crippen molar-refractivity contribution in [3.8, 4) is 0 Å². The van der Waals surface area contributed by atoms with Crippen LogP contribution in [0.5, 0.6) is 0 Å². The Morgan fingerprint density at radius 2 is 2.32 bits per heavy atom. The molecule has 22 heavy (non-hydrogen) atoms. The van der Waals surface area contributed by atoms with Crippen LogP contribution >= 0.6 is 0 Å². The highest BCUT2D eigenvalue weighted by molar-refractivity contribution is 5.79. The van der Waals surface area contributed by atoms with Gasteiger partial charge in [0.25, 0.3) is 0 Å². The normalized spacial score (nSPS) is 20.2. The average Bonchev–Trinajstić information content (AvgIpc) is 2.89. The molecule has 5 heteroatoms. The van der Waals surface area contributed by atoms with Crippen molar-refractivity contribution in [2.75, 3.05) is 40.3 Å². The van der Waals surface area contributed by atoms with Crippen LogP contribution in [0.2, 0.25) is 0 Å². The van der Waals surface area contributed by atoms with E-state index >= 15 is 0 Å². The number of nitrogens with one attached hydrogen (secondary N) is 1. The van der Waals surface area contributed by atoms with Crippen LogP contribution in [0, 0.1) is 5.92 Å². The molecular formula is C17H31N5. The monoisotopic (exact) mass is 305 g/mol. The fourth-order valence-corrected chi connectivity index (χ4v) is 3.18. The number of aromatic nitrogens is 1. The number of aryl methyl sites for hydroxylation is 1. The Labute approximate surface area is 135 Å². The zero-order chi connectivity index (χ0) is 15.9. The molecule has 1 saturated heterocycles. The summed E-state index contributed by atoms with van der Waals surface area (Å²) in [5, 5.41) is 3.49. The summed E-state index contributed by atoms with van der Waals surface area (Å²) in [6.07, 6.45) is 4.80. The van der Waals surface area contributed by atoms with Gasteiger partial charge in [-0.1, -0.05) is 6.92 Å². The van der Waals surface area contributed by atoms with E-state index in [1.54, 1.807) is 0 Å².